The average molecular weight is 493 g/mol. The Hall–Kier alpha value is -1.85. The number of thiazole rings is 1. The molecule has 172 valence electrons. The Morgan fingerprint density at radius 2 is 2.03 bits per heavy atom. The smallest absolute Gasteiger partial charge is 0.253 e. The van der Waals surface area contributed by atoms with E-state index in [0.29, 0.717) is 37.6 Å². The lowest BCUT2D eigenvalue weighted by atomic mass is 10.1. The van der Waals surface area contributed by atoms with Gasteiger partial charge in [-0.3, -0.25) is 9.69 Å². The lowest BCUT2D eigenvalue weighted by Gasteiger charge is -2.29. The van der Waals surface area contributed by atoms with Gasteiger partial charge in [0.1, 0.15) is 10.3 Å². The van der Waals surface area contributed by atoms with Gasteiger partial charge in [-0.15, -0.1) is 11.3 Å². The zero-order valence-electron chi connectivity index (χ0n) is 18.7. The van der Waals surface area contributed by atoms with Crippen molar-refractivity contribution in [1.82, 2.24) is 14.2 Å². The van der Waals surface area contributed by atoms with Gasteiger partial charge in [0.2, 0.25) is 5.91 Å². The Labute approximate surface area is 197 Å². The molecule has 1 aliphatic rings. The highest BCUT2D eigenvalue weighted by molar-refractivity contribution is 7.91. The van der Waals surface area contributed by atoms with E-state index in [1.807, 2.05) is 32.0 Å². The quantitative estimate of drug-likeness (QED) is 0.503. The minimum atomic E-state index is -3.70. The number of rotatable bonds is 7. The van der Waals surface area contributed by atoms with Crippen LogP contribution in [0.2, 0.25) is 0 Å². The topological polar surface area (TPSA) is 73.8 Å². The van der Waals surface area contributed by atoms with Gasteiger partial charge in [-0.05, 0) is 69.4 Å². The molecule has 4 rings (SSSR count). The van der Waals surface area contributed by atoms with Crippen LogP contribution in [0.15, 0.2) is 33.9 Å². The Balaban J connectivity index is 1.70. The fourth-order valence-electron chi connectivity index (χ4n) is 4.06. The van der Waals surface area contributed by atoms with Crippen LogP contribution in [0.3, 0.4) is 0 Å². The van der Waals surface area contributed by atoms with Crippen molar-refractivity contribution >= 4 is 54.0 Å². The first-order valence-electron chi connectivity index (χ1n) is 10.6. The number of aryl methyl sites for hydroxylation is 2. The molecule has 0 spiro atoms. The lowest BCUT2D eigenvalue weighted by molar-refractivity contribution is -0.121. The first-order chi connectivity index (χ1) is 15.2. The van der Waals surface area contributed by atoms with Gasteiger partial charge in [-0.2, -0.15) is 4.31 Å². The van der Waals surface area contributed by atoms with Crippen LogP contribution < -0.4 is 4.90 Å². The molecule has 1 saturated heterocycles. The maximum Gasteiger partial charge on any atom is 0.253 e. The van der Waals surface area contributed by atoms with E-state index in [0.717, 1.165) is 21.3 Å². The average Bonchev–Trinajstić information content (AvgIpc) is 3.47. The third-order valence-electron chi connectivity index (χ3n) is 5.62. The van der Waals surface area contributed by atoms with Crippen molar-refractivity contribution in [1.29, 1.82) is 0 Å². The number of aromatic nitrogens is 1. The van der Waals surface area contributed by atoms with Gasteiger partial charge < -0.3 is 4.90 Å². The van der Waals surface area contributed by atoms with Crippen LogP contribution in [0.1, 0.15) is 24.0 Å². The molecule has 7 nitrogen and oxygen atoms in total. The molecule has 0 saturated carbocycles. The van der Waals surface area contributed by atoms with Crippen molar-refractivity contribution in [2.75, 3.05) is 38.6 Å². The summed E-state index contributed by atoms with van der Waals surface area (Å²) in [6, 6.07) is 6.75. The SMILES string of the molecule is Cc1cc(C)c2sc(N(CCN(C)C)C(=O)C3CCCN3S(=O)(=O)c3cccs3)nc2c1. The Bertz CT molecular complexity index is 1220. The third-order valence-corrected chi connectivity index (χ3v) is 10.1. The summed E-state index contributed by atoms with van der Waals surface area (Å²) in [6.45, 7) is 5.55. The highest BCUT2D eigenvalue weighted by Crippen LogP contribution is 2.35. The highest BCUT2D eigenvalue weighted by Gasteiger charge is 2.42. The maximum absolute atomic E-state index is 13.8. The molecule has 1 amide bonds. The predicted molar refractivity (Wildman–Crippen MR) is 131 cm³/mol. The lowest BCUT2D eigenvalue weighted by Crippen LogP contribution is -2.49. The number of hydrogen-bond donors (Lipinski definition) is 0. The van der Waals surface area contributed by atoms with Crippen molar-refractivity contribution in [2.24, 2.45) is 0 Å². The van der Waals surface area contributed by atoms with Gasteiger partial charge in [-0.25, -0.2) is 13.4 Å². The molecule has 0 aliphatic carbocycles. The van der Waals surface area contributed by atoms with Gasteiger partial charge >= 0.3 is 0 Å². The molecule has 0 N–H and O–H groups in total. The van der Waals surface area contributed by atoms with Gasteiger partial charge in [0.05, 0.1) is 10.2 Å². The summed E-state index contributed by atoms with van der Waals surface area (Å²) >= 11 is 2.68. The number of nitrogens with zero attached hydrogens (tertiary/aromatic N) is 4. The standard InChI is InChI=1S/C22H28N4O3S3/c1-15-13-16(2)20-17(14-15)23-22(31-20)25(11-10-24(3)4)21(27)18-7-5-9-26(18)32(28,29)19-8-6-12-30-19/h6,8,12-14,18H,5,7,9-11H2,1-4H3. The molecule has 1 fully saturated rings. The van der Waals surface area contributed by atoms with E-state index in [9.17, 15) is 13.2 Å². The fourth-order valence-corrected chi connectivity index (χ4v) is 7.88. The summed E-state index contributed by atoms with van der Waals surface area (Å²) in [5.41, 5.74) is 3.13. The van der Waals surface area contributed by atoms with Crippen LogP contribution in [0.25, 0.3) is 10.2 Å². The molecule has 1 aliphatic heterocycles. The Morgan fingerprint density at radius 1 is 1.25 bits per heavy atom. The highest BCUT2D eigenvalue weighted by atomic mass is 32.2. The van der Waals surface area contributed by atoms with E-state index < -0.39 is 16.1 Å². The number of anilines is 1. The molecular weight excluding hydrogens is 464 g/mol. The van der Waals surface area contributed by atoms with Crippen LogP contribution >= 0.6 is 22.7 Å². The Morgan fingerprint density at radius 3 is 2.72 bits per heavy atom. The molecule has 10 heteroatoms. The second-order valence-corrected chi connectivity index (χ2v) is 12.5. The maximum atomic E-state index is 13.8. The molecule has 0 radical (unpaired) electrons. The van der Waals surface area contributed by atoms with E-state index in [1.165, 1.54) is 27.0 Å². The molecule has 3 heterocycles. The van der Waals surface area contributed by atoms with Crippen LogP contribution in [0, 0.1) is 13.8 Å². The molecule has 0 bridgehead atoms. The number of carbonyl (C=O) groups excluding carboxylic acids is 1. The molecule has 1 aromatic carbocycles. The molecule has 1 unspecified atom stereocenters. The summed E-state index contributed by atoms with van der Waals surface area (Å²) in [7, 11) is 0.215. The normalized spacial score (nSPS) is 17.5. The van der Waals surface area contributed by atoms with Gasteiger partial charge in [-0.1, -0.05) is 23.5 Å². The van der Waals surface area contributed by atoms with Crippen molar-refractivity contribution in [3.8, 4) is 0 Å². The number of thiophene rings is 1. The van der Waals surface area contributed by atoms with E-state index >= 15 is 0 Å². The monoisotopic (exact) mass is 492 g/mol. The van der Waals surface area contributed by atoms with Crippen LogP contribution in [0.5, 0.6) is 0 Å². The predicted octanol–water partition coefficient (Wildman–Crippen LogP) is 3.72. The molecule has 32 heavy (non-hydrogen) atoms. The third kappa shape index (κ3) is 4.47. The summed E-state index contributed by atoms with van der Waals surface area (Å²) in [5, 5.41) is 2.37. The van der Waals surface area contributed by atoms with Crippen LogP contribution in [0.4, 0.5) is 5.13 Å². The van der Waals surface area contributed by atoms with Crippen molar-refractivity contribution in [3.05, 3.63) is 40.8 Å². The summed E-state index contributed by atoms with van der Waals surface area (Å²) in [6.07, 6.45) is 1.19. The second-order valence-electron chi connectivity index (χ2n) is 8.43. The number of amides is 1. The van der Waals surface area contributed by atoms with Crippen molar-refractivity contribution < 1.29 is 13.2 Å². The van der Waals surface area contributed by atoms with Crippen LogP contribution in [-0.4, -0.2) is 68.3 Å². The minimum Gasteiger partial charge on any atom is -0.308 e. The number of benzene rings is 1. The van der Waals surface area contributed by atoms with E-state index in [2.05, 4.69) is 13.0 Å². The second kappa shape index (κ2) is 9.18. The van der Waals surface area contributed by atoms with Gasteiger partial charge in [0, 0.05) is 19.6 Å². The fraction of sp³-hybridized carbons (Fsp3) is 0.455. The molecular formula is C22H28N4O3S3. The number of carbonyl (C=O) groups is 1. The first-order valence-corrected chi connectivity index (χ1v) is 13.7. The number of likely N-dealkylation sites (N-methyl/N-ethyl adjacent to an activating group) is 1. The molecule has 2 aromatic heterocycles. The van der Waals surface area contributed by atoms with Gasteiger partial charge in [0.15, 0.2) is 5.13 Å². The molecule has 1 atom stereocenters. The van der Waals surface area contributed by atoms with E-state index in [1.54, 1.807) is 22.4 Å². The number of sulfonamides is 1. The molecule has 3 aromatic rings. The number of hydrogen-bond acceptors (Lipinski definition) is 7. The first kappa shape index (κ1) is 23.3. The van der Waals surface area contributed by atoms with Crippen molar-refractivity contribution in [2.45, 2.75) is 36.9 Å². The zero-order valence-corrected chi connectivity index (χ0v) is 21.2. The summed E-state index contributed by atoms with van der Waals surface area (Å²) in [4.78, 5) is 22.3. The number of fused-ring (bicyclic) bond motifs is 1. The summed E-state index contributed by atoms with van der Waals surface area (Å²) < 4.78 is 29.1. The van der Waals surface area contributed by atoms with Crippen molar-refractivity contribution in [3.63, 3.8) is 0 Å². The summed E-state index contributed by atoms with van der Waals surface area (Å²) in [5.74, 6) is -0.196. The zero-order chi connectivity index (χ0) is 23.0. The Kier molecular flexibility index (Phi) is 6.69. The van der Waals surface area contributed by atoms with Crippen LogP contribution in [-0.2, 0) is 14.8 Å². The minimum absolute atomic E-state index is 0.196. The largest absolute Gasteiger partial charge is 0.308 e. The van der Waals surface area contributed by atoms with E-state index in [-0.39, 0.29) is 10.1 Å². The van der Waals surface area contributed by atoms with Gasteiger partial charge in [0.25, 0.3) is 10.0 Å². The van der Waals surface area contributed by atoms with E-state index in [4.69, 9.17) is 4.98 Å².